The van der Waals surface area contributed by atoms with Crippen LogP contribution in [0.1, 0.15) is 31.7 Å². The number of β-amino-alcohol motifs (C(OH)–C–C–N with tert-alkyl or cyclic N) is 1. The summed E-state index contributed by atoms with van der Waals surface area (Å²) in [7, 11) is 2.11. The highest BCUT2D eigenvalue weighted by atomic mass is 16.3. The molecule has 20 heavy (non-hydrogen) atoms. The molecule has 1 aromatic rings. The molecule has 1 saturated heterocycles. The van der Waals surface area contributed by atoms with Crippen LogP contribution in [0.5, 0.6) is 0 Å². The summed E-state index contributed by atoms with van der Waals surface area (Å²) in [6, 6.07) is 9.18. The molecular weight excluding hydrogens is 248 g/mol. The van der Waals surface area contributed by atoms with Crippen molar-refractivity contribution in [2.45, 2.75) is 44.2 Å². The van der Waals surface area contributed by atoms with Crippen molar-refractivity contribution >= 4 is 5.69 Å². The third kappa shape index (κ3) is 2.70. The number of aryl methyl sites for hydroxylation is 1. The zero-order valence-corrected chi connectivity index (χ0v) is 12.7. The van der Waals surface area contributed by atoms with Crippen LogP contribution in [-0.4, -0.2) is 48.3 Å². The molecule has 0 aromatic heterocycles. The Kier molecular flexibility index (Phi) is 3.74. The Labute approximate surface area is 122 Å². The van der Waals surface area contributed by atoms with Crippen LogP contribution in [0.2, 0.25) is 0 Å². The predicted octanol–water partition coefficient (Wildman–Crippen LogP) is 2.28. The molecule has 0 radical (unpaired) electrons. The van der Waals surface area contributed by atoms with Crippen molar-refractivity contribution in [1.82, 2.24) is 4.90 Å². The number of hydrogen-bond donors (Lipinski definition) is 1. The van der Waals surface area contributed by atoms with Crippen LogP contribution in [0, 0.1) is 0 Å². The Morgan fingerprint density at radius 1 is 1.35 bits per heavy atom. The topological polar surface area (TPSA) is 26.7 Å². The number of fused-ring (bicyclic) bond motifs is 1. The average Bonchev–Trinajstić information content (AvgIpc) is 2.42. The zero-order chi connectivity index (χ0) is 14.2. The largest absolute Gasteiger partial charge is 0.387 e. The molecule has 3 rings (SSSR count). The fourth-order valence-electron chi connectivity index (χ4n) is 3.79. The van der Waals surface area contributed by atoms with Gasteiger partial charge in [-0.05, 0) is 57.8 Å². The lowest BCUT2D eigenvalue weighted by atomic mass is 9.89. The van der Waals surface area contributed by atoms with Gasteiger partial charge in [0.2, 0.25) is 0 Å². The van der Waals surface area contributed by atoms with Crippen molar-refractivity contribution in [2.24, 2.45) is 0 Å². The summed E-state index contributed by atoms with van der Waals surface area (Å²) in [4.78, 5) is 4.68. The lowest BCUT2D eigenvalue weighted by Gasteiger charge is -2.45. The standard InChI is InChI=1S/C17H26N2O/c1-14-8-9-15-6-3-4-7-16(15)19(14)13-17(20)10-5-11-18(2)12-17/h3-4,6-7,14,20H,5,8-13H2,1-2H3. The molecule has 0 saturated carbocycles. The first kappa shape index (κ1) is 13.9. The number of piperidine rings is 1. The maximum atomic E-state index is 11.0. The number of anilines is 1. The van der Waals surface area contributed by atoms with Crippen molar-refractivity contribution in [3.05, 3.63) is 29.8 Å². The monoisotopic (exact) mass is 274 g/mol. The van der Waals surface area contributed by atoms with Crippen LogP contribution in [0.25, 0.3) is 0 Å². The minimum absolute atomic E-state index is 0.515. The maximum Gasteiger partial charge on any atom is 0.0948 e. The lowest BCUT2D eigenvalue weighted by Crippen LogP contribution is -2.55. The molecule has 0 aliphatic carbocycles. The highest BCUT2D eigenvalue weighted by Crippen LogP contribution is 2.33. The van der Waals surface area contributed by atoms with Gasteiger partial charge in [-0.1, -0.05) is 18.2 Å². The highest BCUT2D eigenvalue weighted by molar-refractivity contribution is 5.56. The van der Waals surface area contributed by atoms with Crippen LogP contribution in [0.4, 0.5) is 5.69 Å². The lowest BCUT2D eigenvalue weighted by molar-refractivity contribution is -0.0178. The summed E-state index contributed by atoms with van der Waals surface area (Å²) in [6.45, 7) is 4.94. The van der Waals surface area contributed by atoms with Gasteiger partial charge < -0.3 is 14.9 Å². The van der Waals surface area contributed by atoms with Crippen LogP contribution in [0.15, 0.2) is 24.3 Å². The Balaban J connectivity index is 1.82. The van der Waals surface area contributed by atoms with Crippen molar-refractivity contribution in [2.75, 3.05) is 31.6 Å². The number of nitrogens with zero attached hydrogens (tertiary/aromatic N) is 2. The van der Waals surface area contributed by atoms with E-state index in [2.05, 4.69) is 48.0 Å². The first-order valence-electron chi connectivity index (χ1n) is 7.83. The molecular formula is C17H26N2O. The van der Waals surface area contributed by atoms with E-state index >= 15 is 0 Å². The number of benzene rings is 1. The summed E-state index contributed by atoms with van der Waals surface area (Å²) < 4.78 is 0. The maximum absolute atomic E-state index is 11.0. The van der Waals surface area contributed by atoms with Gasteiger partial charge in [0.05, 0.1) is 5.60 Å². The van der Waals surface area contributed by atoms with Crippen molar-refractivity contribution < 1.29 is 5.11 Å². The molecule has 1 N–H and O–H groups in total. The van der Waals surface area contributed by atoms with Gasteiger partial charge >= 0.3 is 0 Å². The highest BCUT2D eigenvalue weighted by Gasteiger charge is 2.36. The van der Waals surface area contributed by atoms with Gasteiger partial charge in [-0.15, -0.1) is 0 Å². The number of para-hydroxylation sites is 1. The Hall–Kier alpha value is -1.06. The zero-order valence-electron chi connectivity index (χ0n) is 12.7. The fraction of sp³-hybridized carbons (Fsp3) is 0.647. The summed E-state index contributed by atoms with van der Waals surface area (Å²) in [5.41, 5.74) is 2.19. The number of hydrogen-bond acceptors (Lipinski definition) is 3. The van der Waals surface area contributed by atoms with E-state index in [1.54, 1.807) is 0 Å². The Morgan fingerprint density at radius 2 is 2.15 bits per heavy atom. The number of likely N-dealkylation sites (N-methyl/N-ethyl adjacent to an activating group) is 1. The van der Waals surface area contributed by atoms with Crippen LogP contribution >= 0.6 is 0 Å². The number of aliphatic hydroxyl groups is 1. The molecule has 1 aromatic carbocycles. The summed E-state index contributed by atoms with van der Waals surface area (Å²) in [5, 5.41) is 11.0. The molecule has 3 nitrogen and oxygen atoms in total. The van der Waals surface area contributed by atoms with Crippen molar-refractivity contribution in [3.63, 3.8) is 0 Å². The van der Waals surface area contributed by atoms with E-state index in [0.717, 1.165) is 38.9 Å². The van der Waals surface area contributed by atoms with Crippen LogP contribution < -0.4 is 4.90 Å². The Morgan fingerprint density at radius 3 is 2.95 bits per heavy atom. The molecule has 2 unspecified atom stereocenters. The molecule has 2 aliphatic rings. The van der Waals surface area contributed by atoms with Gasteiger partial charge in [0.15, 0.2) is 0 Å². The van der Waals surface area contributed by atoms with Gasteiger partial charge in [-0.25, -0.2) is 0 Å². The van der Waals surface area contributed by atoms with E-state index in [9.17, 15) is 5.11 Å². The first-order valence-corrected chi connectivity index (χ1v) is 7.83. The third-order valence-corrected chi connectivity index (χ3v) is 4.88. The SMILES string of the molecule is CC1CCc2ccccc2N1CC1(O)CCCN(C)C1. The van der Waals surface area contributed by atoms with E-state index < -0.39 is 5.60 Å². The Bertz CT molecular complexity index is 476. The molecule has 0 bridgehead atoms. The van der Waals surface area contributed by atoms with Gasteiger partial charge in [0.1, 0.15) is 0 Å². The summed E-state index contributed by atoms with van der Waals surface area (Å²) >= 11 is 0. The van der Waals surface area contributed by atoms with Crippen LogP contribution in [-0.2, 0) is 6.42 Å². The fourth-order valence-corrected chi connectivity index (χ4v) is 3.79. The second kappa shape index (κ2) is 5.38. The normalized spacial score (nSPS) is 31.1. The predicted molar refractivity (Wildman–Crippen MR) is 83.3 cm³/mol. The molecule has 0 spiro atoms. The van der Waals surface area contributed by atoms with Gasteiger partial charge in [-0.3, -0.25) is 0 Å². The second-order valence-electron chi connectivity index (χ2n) is 6.71. The van der Waals surface area contributed by atoms with E-state index in [1.807, 2.05) is 0 Å². The minimum Gasteiger partial charge on any atom is -0.387 e. The van der Waals surface area contributed by atoms with E-state index in [4.69, 9.17) is 0 Å². The van der Waals surface area contributed by atoms with E-state index in [1.165, 1.54) is 17.7 Å². The van der Waals surface area contributed by atoms with Crippen LogP contribution in [0.3, 0.4) is 0 Å². The smallest absolute Gasteiger partial charge is 0.0948 e. The van der Waals surface area contributed by atoms with Crippen molar-refractivity contribution in [3.8, 4) is 0 Å². The minimum atomic E-state index is -0.564. The summed E-state index contributed by atoms with van der Waals surface area (Å²) in [5.74, 6) is 0. The van der Waals surface area contributed by atoms with Crippen molar-refractivity contribution in [1.29, 1.82) is 0 Å². The second-order valence-corrected chi connectivity index (χ2v) is 6.71. The molecule has 2 atom stereocenters. The molecule has 110 valence electrons. The van der Waals surface area contributed by atoms with E-state index in [0.29, 0.717) is 6.04 Å². The summed E-state index contributed by atoms with van der Waals surface area (Å²) in [6.07, 6.45) is 4.36. The number of likely N-dealkylation sites (tertiary alicyclic amines) is 1. The van der Waals surface area contributed by atoms with Gasteiger partial charge in [0.25, 0.3) is 0 Å². The molecule has 0 amide bonds. The number of rotatable bonds is 2. The molecule has 2 aliphatic heterocycles. The van der Waals surface area contributed by atoms with Gasteiger partial charge in [-0.2, -0.15) is 0 Å². The molecule has 2 heterocycles. The third-order valence-electron chi connectivity index (χ3n) is 4.88. The van der Waals surface area contributed by atoms with Gasteiger partial charge in [0, 0.05) is 24.8 Å². The quantitative estimate of drug-likeness (QED) is 0.896. The molecule has 3 heteroatoms. The first-order chi connectivity index (χ1) is 9.57. The molecule has 1 fully saturated rings. The average molecular weight is 274 g/mol. The van der Waals surface area contributed by atoms with E-state index in [-0.39, 0.29) is 0 Å².